The van der Waals surface area contributed by atoms with Crippen molar-refractivity contribution in [3.8, 4) is 0 Å². The third-order valence-corrected chi connectivity index (χ3v) is 5.89. The molecule has 114 valence electrons. The minimum atomic E-state index is -3.59. The molecule has 0 aliphatic heterocycles. The molecule has 0 amide bonds. The van der Waals surface area contributed by atoms with Gasteiger partial charge in [-0.2, -0.15) is 0 Å². The van der Waals surface area contributed by atoms with Gasteiger partial charge in [0.25, 0.3) is 0 Å². The third kappa shape index (κ3) is 3.68. The van der Waals surface area contributed by atoms with Crippen molar-refractivity contribution >= 4 is 21.4 Å². The van der Waals surface area contributed by atoms with Crippen LogP contribution in [0, 0.1) is 13.8 Å². The summed E-state index contributed by atoms with van der Waals surface area (Å²) in [5.41, 5.74) is 1.53. The van der Waals surface area contributed by atoms with Crippen LogP contribution in [0.3, 0.4) is 0 Å². The Bertz CT molecular complexity index is 721. The third-order valence-electron chi connectivity index (χ3n) is 3.08. The number of thiazole rings is 1. The van der Waals surface area contributed by atoms with Gasteiger partial charge in [-0.15, -0.1) is 11.3 Å². The minimum absolute atomic E-state index is 0.108. The molecule has 21 heavy (non-hydrogen) atoms. The molecule has 0 saturated carbocycles. The van der Waals surface area contributed by atoms with Gasteiger partial charge in [0, 0.05) is 4.88 Å². The van der Waals surface area contributed by atoms with Crippen LogP contribution < -0.4 is 4.72 Å². The second kappa shape index (κ2) is 6.23. The molecule has 0 fully saturated rings. The summed E-state index contributed by atoms with van der Waals surface area (Å²) < 4.78 is 27.3. The molecular formula is C14H18N2O3S2. The van der Waals surface area contributed by atoms with Crippen molar-refractivity contribution in [3.63, 3.8) is 0 Å². The van der Waals surface area contributed by atoms with E-state index in [0.717, 1.165) is 15.6 Å². The van der Waals surface area contributed by atoms with Gasteiger partial charge >= 0.3 is 0 Å². The van der Waals surface area contributed by atoms with E-state index in [1.165, 1.54) is 23.5 Å². The number of hydrogen-bond acceptors (Lipinski definition) is 5. The highest BCUT2D eigenvalue weighted by molar-refractivity contribution is 7.89. The van der Waals surface area contributed by atoms with Crippen molar-refractivity contribution < 1.29 is 13.5 Å². The first-order chi connectivity index (χ1) is 9.83. The molecule has 2 N–H and O–H groups in total. The van der Waals surface area contributed by atoms with Crippen molar-refractivity contribution in [2.24, 2.45) is 0 Å². The van der Waals surface area contributed by atoms with Gasteiger partial charge in [0.1, 0.15) is 0 Å². The van der Waals surface area contributed by atoms with E-state index in [1.807, 2.05) is 13.8 Å². The molecule has 7 heteroatoms. The van der Waals surface area contributed by atoms with Crippen LogP contribution >= 0.6 is 11.3 Å². The van der Waals surface area contributed by atoms with E-state index in [-0.39, 0.29) is 17.5 Å². The molecule has 0 saturated heterocycles. The van der Waals surface area contributed by atoms with E-state index in [2.05, 4.69) is 9.71 Å². The van der Waals surface area contributed by atoms with Crippen LogP contribution in [0.2, 0.25) is 0 Å². The predicted octanol–water partition coefficient (Wildman–Crippen LogP) is 2.29. The molecule has 2 aromatic rings. The van der Waals surface area contributed by atoms with Crippen molar-refractivity contribution in [3.05, 3.63) is 45.4 Å². The van der Waals surface area contributed by atoms with Crippen LogP contribution in [0.4, 0.5) is 0 Å². The van der Waals surface area contributed by atoms with Gasteiger partial charge in [0.05, 0.1) is 28.2 Å². The van der Waals surface area contributed by atoms with Gasteiger partial charge in [-0.25, -0.2) is 18.1 Å². The Morgan fingerprint density at radius 3 is 2.38 bits per heavy atom. The van der Waals surface area contributed by atoms with Crippen LogP contribution in [0.25, 0.3) is 0 Å². The number of aromatic nitrogens is 1. The van der Waals surface area contributed by atoms with Crippen molar-refractivity contribution in [1.82, 2.24) is 9.71 Å². The zero-order chi connectivity index (χ0) is 15.6. The number of aliphatic hydroxyl groups is 1. The average molecular weight is 326 g/mol. The van der Waals surface area contributed by atoms with E-state index < -0.39 is 10.0 Å². The Balaban J connectivity index is 2.22. The molecule has 0 radical (unpaired) electrons. The fraction of sp³-hybridized carbons (Fsp3) is 0.357. The molecule has 2 rings (SSSR count). The first kappa shape index (κ1) is 16.1. The molecular weight excluding hydrogens is 308 g/mol. The Morgan fingerprint density at radius 1 is 1.29 bits per heavy atom. The maximum absolute atomic E-state index is 12.3. The number of nitrogens with one attached hydrogen (secondary N) is 1. The van der Waals surface area contributed by atoms with Gasteiger partial charge in [-0.1, -0.05) is 12.1 Å². The lowest BCUT2D eigenvalue weighted by Gasteiger charge is -2.13. The van der Waals surface area contributed by atoms with Crippen LogP contribution in [-0.2, 0) is 16.6 Å². The van der Waals surface area contributed by atoms with Crippen LogP contribution in [0.1, 0.15) is 34.1 Å². The van der Waals surface area contributed by atoms with Gasteiger partial charge in [-0.3, -0.25) is 0 Å². The number of aryl methyl sites for hydroxylation is 2. The monoisotopic (exact) mass is 326 g/mol. The normalized spacial score (nSPS) is 13.3. The summed E-state index contributed by atoms with van der Waals surface area (Å²) in [6, 6.07) is 5.85. The molecule has 1 heterocycles. The number of benzene rings is 1. The van der Waals surface area contributed by atoms with Gasteiger partial charge in [0.15, 0.2) is 0 Å². The second-order valence-electron chi connectivity index (χ2n) is 4.83. The largest absolute Gasteiger partial charge is 0.392 e. The van der Waals surface area contributed by atoms with E-state index in [9.17, 15) is 8.42 Å². The Morgan fingerprint density at radius 2 is 1.90 bits per heavy atom. The van der Waals surface area contributed by atoms with E-state index in [0.29, 0.717) is 5.56 Å². The van der Waals surface area contributed by atoms with Crippen LogP contribution in [0.15, 0.2) is 29.2 Å². The maximum Gasteiger partial charge on any atom is 0.241 e. The summed E-state index contributed by atoms with van der Waals surface area (Å²) in [5, 5.41) is 9.91. The standard InChI is InChI=1S/C14H18N2O3S2/c1-9-14(20-11(3)15-9)10(2)16-21(18,19)13-6-4-12(8-17)5-7-13/h4-7,10,16-17H,8H2,1-3H3. The lowest BCUT2D eigenvalue weighted by Crippen LogP contribution is -2.26. The molecule has 0 aliphatic rings. The second-order valence-corrected chi connectivity index (χ2v) is 7.78. The zero-order valence-corrected chi connectivity index (χ0v) is 13.8. The maximum atomic E-state index is 12.3. The average Bonchev–Trinajstić information content (AvgIpc) is 2.77. The lowest BCUT2D eigenvalue weighted by atomic mass is 10.2. The van der Waals surface area contributed by atoms with Gasteiger partial charge in [0.2, 0.25) is 10.0 Å². The quantitative estimate of drug-likeness (QED) is 0.883. The first-order valence-electron chi connectivity index (χ1n) is 6.49. The molecule has 1 aromatic heterocycles. The smallest absolute Gasteiger partial charge is 0.241 e. The number of aliphatic hydroxyl groups excluding tert-OH is 1. The predicted molar refractivity (Wildman–Crippen MR) is 82.7 cm³/mol. The molecule has 1 aromatic carbocycles. The summed E-state index contributed by atoms with van der Waals surface area (Å²) in [5.74, 6) is 0. The summed E-state index contributed by atoms with van der Waals surface area (Å²) >= 11 is 1.49. The first-order valence-corrected chi connectivity index (χ1v) is 8.79. The number of hydrogen-bond donors (Lipinski definition) is 2. The number of nitrogens with zero attached hydrogens (tertiary/aromatic N) is 1. The summed E-state index contributed by atoms with van der Waals surface area (Å²) in [6.45, 7) is 5.47. The van der Waals surface area contributed by atoms with Crippen LogP contribution in [-0.4, -0.2) is 18.5 Å². The Hall–Kier alpha value is -1.28. The zero-order valence-electron chi connectivity index (χ0n) is 12.1. The van der Waals surface area contributed by atoms with Crippen LogP contribution in [0.5, 0.6) is 0 Å². The molecule has 0 bridgehead atoms. The number of sulfonamides is 1. The molecule has 5 nitrogen and oxygen atoms in total. The van der Waals surface area contributed by atoms with Crippen molar-refractivity contribution in [2.45, 2.75) is 38.3 Å². The highest BCUT2D eigenvalue weighted by Gasteiger charge is 2.21. The molecule has 1 atom stereocenters. The summed E-state index contributed by atoms with van der Waals surface area (Å²) in [7, 11) is -3.59. The van der Waals surface area contributed by atoms with E-state index in [1.54, 1.807) is 19.1 Å². The van der Waals surface area contributed by atoms with Crippen molar-refractivity contribution in [2.75, 3.05) is 0 Å². The SMILES string of the molecule is Cc1nc(C)c(C(C)NS(=O)(=O)c2ccc(CO)cc2)s1. The lowest BCUT2D eigenvalue weighted by molar-refractivity contribution is 0.282. The van der Waals surface area contributed by atoms with Gasteiger partial charge in [-0.05, 0) is 38.5 Å². The van der Waals surface area contributed by atoms with Gasteiger partial charge < -0.3 is 5.11 Å². The highest BCUT2D eigenvalue weighted by atomic mass is 32.2. The summed E-state index contributed by atoms with van der Waals surface area (Å²) in [6.07, 6.45) is 0. The topological polar surface area (TPSA) is 79.3 Å². The fourth-order valence-corrected chi connectivity index (χ4v) is 4.30. The Labute approximate surface area is 128 Å². The van der Waals surface area contributed by atoms with Crippen molar-refractivity contribution in [1.29, 1.82) is 0 Å². The molecule has 0 spiro atoms. The highest BCUT2D eigenvalue weighted by Crippen LogP contribution is 2.26. The Kier molecular flexibility index (Phi) is 4.77. The fourth-order valence-electron chi connectivity index (χ4n) is 2.08. The minimum Gasteiger partial charge on any atom is -0.392 e. The number of rotatable bonds is 5. The van der Waals surface area contributed by atoms with E-state index in [4.69, 9.17) is 5.11 Å². The molecule has 1 unspecified atom stereocenters. The molecule has 0 aliphatic carbocycles. The van der Waals surface area contributed by atoms with E-state index >= 15 is 0 Å². The summed E-state index contributed by atoms with van der Waals surface area (Å²) in [4.78, 5) is 5.42.